The number of aromatic nitrogens is 1. The molecule has 0 fully saturated rings. The lowest BCUT2D eigenvalue weighted by molar-refractivity contribution is 0.968. The van der Waals surface area contributed by atoms with E-state index in [0.29, 0.717) is 0 Å². The molecular weight excluding hydrogens is 264 g/mol. The van der Waals surface area contributed by atoms with Crippen molar-refractivity contribution in [2.45, 2.75) is 31.8 Å². The molecule has 1 aromatic heterocycles. The second-order valence-electron chi connectivity index (χ2n) is 4.96. The maximum absolute atomic E-state index is 4.33. The number of benzene rings is 1. The van der Waals surface area contributed by atoms with Crippen molar-refractivity contribution in [3.05, 3.63) is 59.3 Å². The van der Waals surface area contributed by atoms with Crippen molar-refractivity contribution in [2.75, 3.05) is 11.9 Å². The lowest BCUT2D eigenvalue weighted by Crippen LogP contribution is -2.01. The number of aryl methyl sites for hydroxylation is 1. The quantitative estimate of drug-likeness (QED) is 0.802. The Kier molecular flexibility index (Phi) is 5.93. The van der Waals surface area contributed by atoms with E-state index in [2.05, 4.69) is 60.5 Å². The highest BCUT2D eigenvalue weighted by molar-refractivity contribution is 7.97. The van der Waals surface area contributed by atoms with Crippen LogP contribution in [0.4, 0.5) is 5.82 Å². The Balaban J connectivity index is 1.84. The van der Waals surface area contributed by atoms with Crippen LogP contribution in [0.3, 0.4) is 0 Å². The minimum atomic E-state index is 0.979. The summed E-state index contributed by atoms with van der Waals surface area (Å²) in [5.41, 5.74) is 4.06. The van der Waals surface area contributed by atoms with E-state index in [1.165, 1.54) is 16.7 Å². The fraction of sp³-hybridized carbons (Fsp3) is 0.353. The van der Waals surface area contributed by atoms with Gasteiger partial charge in [0.15, 0.2) is 0 Å². The topological polar surface area (TPSA) is 24.9 Å². The van der Waals surface area contributed by atoms with Crippen molar-refractivity contribution in [1.82, 2.24) is 4.98 Å². The summed E-state index contributed by atoms with van der Waals surface area (Å²) < 4.78 is 0. The summed E-state index contributed by atoms with van der Waals surface area (Å²) in [5.74, 6) is 3.07. The number of hydrogen-bond acceptors (Lipinski definition) is 3. The first kappa shape index (κ1) is 14.9. The normalized spacial score (nSPS) is 10.5. The summed E-state index contributed by atoms with van der Waals surface area (Å²) in [5, 5.41) is 3.33. The summed E-state index contributed by atoms with van der Waals surface area (Å²) in [6.07, 6.45) is 3.01. The number of nitrogens with zero attached hydrogens (tertiary/aromatic N) is 1. The maximum Gasteiger partial charge on any atom is 0.126 e. The van der Waals surface area contributed by atoms with Crippen LogP contribution in [0.2, 0.25) is 0 Å². The smallest absolute Gasteiger partial charge is 0.126 e. The predicted molar refractivity (Wildman–Crippen MR) is 89.2 cm³/mol. The van der Waals surface area contributed by atoms with Gasteiger partial charge in [-0.25, -0.2) is 4.98 Å². The Labute approximate surface area is 126 Å². The first-order valence-electron chi connectivity index (χ1n) is 7.10. The van der Waals surface area contributed by atoms with Crippen molar-refractivity contribution in [3.63, 3.8) is 0 Å². The van der Waals surface area contributed by atoms with Crippen LogP contribution in [-0.2, 0) is 11.5 Å². The molecule has 3 heteroatoms. The number of anilines is 1. The predicted octanol–water partition coefficient (Wildman–Crippen LogP) is 4.65. The molecule has 2 aromatic rings. The van der Waals surface area contributed by atoms with E-state index in [-0.39, 0.29) is 0 Å². The van der Waals surface area contributed by atoms with E-state index < -0.39 is 0 Å². The molecule has 0 saturated carbocycles. The SMILES string of the molecule is CCCNc1cc(CSCc2cccc(C)c2)ccn1. The first-order chi connectivity index (χ1) is 9.78. The van der Waals surface area contributed by atoms with Gasteiger partial charge in [0.05, 0.1) is 0 Å². The summed E-state index contributed by atoms with van der Waals surface area (Å²) in [6.45, 7) is 5.28. The second-order valence-corrected chi connectivity index (χ2v) is 5.94. The first-order valence-corrected chi connectivity index (χ1v) is 8.25. The molecule has 1 N–H and O–H groups in total. The molecule has 20 heavy (non-hydrogen) atoms. The van der Waals surface area contributed by atoms with Gasteiger partial charge in [0.2, 0.25) is 0 Å². The van der Waals surface area contributed by atoms with E-state index in [4.69, 9.17) is 0 Å². The Morgan fingerprint density at radius 3 is 2.65 bits per heavy atom. The van der Waals surface area contributed by atoms with Crippen molar-refractivity contribution >= 4 is 17.6 Å². The molecular formula is C17H22N2S. The van der Waals surface area contributed by atoms with Crippen LogP contribution in [0.15, 0.2) is 42.6 Å². The summed E-state index contributed by atoms with van der Waals surface area (Å²) in [7, 11) is 0. The molecule has 2 rings (SSSR count). The molecule has 0 aliphatic heterocycles. The van der Waals surface area contributed by atoms with Crippen LogP contribution in [0.5, 0.6) is 0 Å². The zero-order valence-corrected chi connectivity index (χ0v) is 13.0. The molecule has 1 heterocycles. The summed E-state index contributed by atoms with van der Waals surface area (Å²) >= 11 is 1.95. The zero-order valence-electron chi connectivity index (χ0n) is 12.2. The standard InChI is InChI=1S/C17H22N2S/c1-3-8-18-17-11-16(7-9-19-17)13-20-12-15-6-4-5-14(2)10-15/h4-7,9-11H,3,8,12-13H2,1-2H3,(H,18,19). The average molecular weight is 286 g/mol. The minimum absolute atomic E-state index is 0.979. The van der Waals surface area contributed by atoms with Gasteiger partial charge in [0, 0.05) is 24.2 Å². The van der Waals surface area contributed by atoms with Crippen molar-refractivity contribution < 1.29 is 0 Å². The number of nitrogens with one attached hydrogen (secondary N) is 1. The third kappa shape index (κ3) is 4.89. The lowest BCUT2D eigenvalue weighted by atomic mass is 10.2. The van der Waals surface area contributed by atoms with Gasteiger partial charge in [-0.1, -0.05) is 36.8 Å². The molecule has 0 aliphatic rings. The Morgan fingerprint density at radius 2 is 1.90 bits per heavy atom. The minimum Gasteiger partial charge on any atom is -0.370 e. The third-order valence-corrected chi connectivity index (χ3v) is 4.08. The highest BCUT2D eigenvalue weighted by Gasteiger charge is 1.99. The van der Waals surface area contributed by atoms with Gasteiger partial charge in [0.25, 0.3) is 0 Å². The van der Waals surface area contributed by atoms with E-state index in [9.17, 15) is 0 Å². The molecule has 0 bridgehead atoms. The van der Waals surface area contributed by atoms with Gasteiger partial charge in [-0.05, 0) is 36.6 Å². The number of thioether (sulfide) groups is 1. The molecule has 0 aliphatic carbocycles. The monoisotopic (exact) mass is 286 g/mol. The highest BCUT2D eigenvalue weighted by Crippen LogP contribution is 2.19. The molecule has 0 atom stereocenters. The van der Waals surface area contributed by atoms with Crippen LogP contribution in [-0.4, -0.2) is 11.5 Å². The molecule has 2 nitrogen and oxygen atoms in total. The maximum atomic E-state index is 4.33. The van der Waals surface area contributed by atoms with Crippen LogP contribution >= 0.6 is 11.8 Å². The van der Waals surface area contributed by atoms with Gasteiger partial charge >= 0.3 is 0 Å². The van der Waals surface area contributed by atoms with Gasteiger partial charge in [-0.2, -0.15) is 11.8 Å². The molecule has 0 amide bonds. The molecule has 0 radical (unpaired) electrons. The van der Waals surface area contributed by atoms with Crippen molar-refractivity contribution in [2.24, 2.45) is 0 Å². The largest absolute Gasteiger partial charge is 0.370 e. The number of rotatable bonds is 7. The molecule has 0 spiro atoms. The third-order valence-electron chi connectivity index (χ3n) is 3.00. The lowest BCUT2D eigenvalue weighted by Gasteiger charge is -2.07. The van der Waals surface area contributed by atoms with Crippen LogP contribution in [0.1, 0.15) is 30.0 Å². The Morgan fingerprint density at radius 1 is 1.10 bits per heavy atom. The average Bonchev–Trinajstić information content (AvgIpc) is 2.46. The van der Waals surface area contributed by atoms with Gasteiger partial charge in [-0.3, -0.25) is 0 Å². The Hall–Kier alpha value is -1.48. The fourth-order valence-electron chi connectivity index (χ4n) is 2.00. The van der Waals surface area contributed by atoms with Gasteiger partial charge < -0.3 is 5.32 Å². The van der Waals surface area contributed by atoms with Gasteiger partial charge in [0.1, 0.15) is 5.82 Å². The second kappa shape index (κ2) is 7.95. The van der Waals surface area contributed by atoms with Crippen molar-refractivity contribution in [3.8, 4) is 0 Å². The van der Waals surface area contributed by atoms with Crippen LogP contribution in [0, 0.1) is 6.92 Å². The molecule has 106 valence electrons. The highest BCUT2D eigenvalue weighted by atomic mass is 32.2. The summed E-state index contributed by atoms with van der Waals surface area (Å²) in [6, 6.07) is 13.0. The van der Waals surface area contributed by atoms with Gasteiger partial charge in [-0.15, -0.1) is 0 Å². The number of pyridine rings is 1. The van der Waals surface area contributed by atoms with E-state index in [1.807, 2.05) is 18.0 Å². The Bertz CT molecular complexity index is 540. The van der Waals surface area contributed by atoms with Crippen LogP contribution < -0.4 is 5.32 Å². The van der Waals surface area contributed by atoms with E-state index in [1.54, 1.807) is 0 Å². The zero-order chi connectivity index (χ0) is 14.2. The van der Waals surface area contributed by atoms with E-state index in [0.717, 1.165) is 30.3 Å². The molecule has 0 saturated heterocycles. The molecule has 1 aromatic carbocycles. The number of hydrogen-bond donors (Lipinski definition) is 1. The molecule has 0 unspecified atom stereocenters. The van der Waals surface area contributed by atoms with Crippen LogP contribution in [0.25, 0.3) is 0 Å². The van der Waals surface area contributed by atoms with Crippen molar-refractivity contribution in [1.29, 1.82) is 0 Å². The van der Waals surface area contributed by atoms with E-state index >= 15 is 0 Å². The fourth-order valence-corrected chi connectivity index (χ4v) is 2.94. The summed E-state index contributed by atoms with van der Waals surface area (Å²) in [4.78, 5) is 4.33.